The molecule has 2 unspecified atom stereocenters. The van der Waals surface area contributed by atoms with Gasteiger partial charge in [0, 0.05) is 5.41 Å². The first kappa shape index (κ1) is 19.6. The van der Waals surface area contributed by atoms with Crippen molar-refractivity contribution in [2.75, 3.05) is 6.54 Å². The molecule has 0 aliphatic carbocycles. The maximum atomic E-state index is 12.3. The second-order valence-electron chi connectivity index (χ2n) is 6.76. The highest BCUT2D eigenvalue weighted by molar-refractivity contribution is 6.53. The molecule has 0 aromatic heterocycles. The van der Waals surface area contributed by atoms with E-state index in [1.807, 2.05) is 13.8 Å². The summed E-state index contributed by atoms with van der Waals surface area (Å²) >= 11 is 11.5. The van der Waals surface area contributed by atoms with Crippen LogP contribution in [0.2, 0.25) is 0 Å². The third kappa shape index (κ3) is 4.08. The van der Waals surface area contributed by atoms with Crippen molar-refractivity contribution in [1.29, 1.82) is 0 Å². The molecule has 2 atom stereocenters. The van der Waals surface area contributed by atoms with E-state index in [4.69, 9.17) is 39.1 Å². The van der Waals surface area contributed by atoms with Gasteiger partial charge in [0.05, 0.1) is 24.3 Å². The van der Waals surface area contributed by atoms with Crippen molar-refractivity contribution in [2.24, 2.45) is 5.41 Å². The second kappa shape index (κ2) is 6.97. The first-order valence-corrected chi connectivity index (χ1v) is 8.19. The fourth-order valence-electron chi connectivity index (χ4n) is 2.19. The maximum absolute atomic E-state index is 12.3. The highest BCUT2D eigenvalue weighted by Gasteiger charge is 2.43. The van der Waals surface area contributed by atoms with Crippen LogP contribution in [0.5, 0.6) is 0 Å². The van der Waals surface area contributed by atoms with Gasteiger partial charge in [0.1, 0.15) is 0 Å². The molecule has 1 fully saturated rings. The fourth-order valence-corrected chi connectivity index (χ4v) is 2.43. The van der Waals surface area contributed by atoms with E-state index in [2.05, 4.69) is 19.8 Å². The van der Waals surface area contributed by atoms with Gasteiger partial charge in [-0.3, -0.25) is 4.79 Å². The Morgan fingerprint density at radius 2 is 1.77 bits per heavy atom. The summed E-state index contributed by atoms with van der Waals surface area (Å²) < 4.78 is 11.8. The first-order chi connectivity index (χ1) is 9.93. The number of halogens is 2. The lowest BCUT2D eigenvalue weighted by molar-refractivity contribution is -0.288. The largest absolute Gasteiger partial charge is 0.347 e. The number of hydrogen-bond acceptors (Lipinski definition) is 3. The van der Waals surface area contributed by atoms with Crippen LogP contribution in [-0.4, -0.2) is 46.2 Å². The molecular weight excluding hydrogens is 325 g/mol. The van der Waals surface area contributed by atoms with Gasteiger partial charge in [0.25, 0.3) is 5.91 Å². The molecule has 4 nitrogen and oxygen atoms in total. The van der Waals surface area contributed by atoms with Crippen LogP contribution in [0.3, 0.4) is 0 Å². The van der Waals surface area contributed by atoms with Gasteiger partial charge in [-0.2, -0.15) is 0 Å². The maximum Gasteiger partial charge on any atom is 0.257 e. The first-order valence-electron chi connectivity index (χ1n) is 7.31. The van der Waals surface area contributed by atoms with Crippen LogP contribution < -0.4 is 0 Å². The molecule has 22 heavy (non-hydrogen) atoms. The standard InChI is InChI=1S/C16H25Cl2NO3/c1-8-15(4,5)19(14(20)13(17)18)9-12-21-10(2)16(6,7)11(3)22-12/h1,10-13H,9H2,2-7H3. The van der Waals surface area contributed by atoms with Crippen molar-refractivity contribution >= 4 is 29.1 Å². The summed E-state index contributed by atoms with van der Waals surface area (Å²) in [4.78, 5) is 12.5. The topological polar surface area (TPSA) is 38.8 Å². The van der Waals surface area contributed by atoms with Gasteiger partial charge in [-0.1, -0.05) is 43.0 Å². The van der Waals surface area contributed by atoms with Crippen molar-refractivity contribution in [3.05, 3.63) is 0 Å². The van der Waals surface area contributed by atoms with Crippen molar-refractivity contribution in [1.82, 2.24) is 4.90 Å². The van der Waals surface area contributed by atoms with Gasteiger partial charge in [0.2, 0.25) is 0 Å². The smallest absolute Gasteiger partial charge is 0.257 e. The molecule has 0 saturated carbocycles. The molecule has 1 amide bonds. The van der Waals surface area contributed by atoms with Crippen LogP contribution in [0.4, 0.5) is 0 Å². The second-order valence-corrected chi connectivity index (χ2v) is 7.86. The lowest BCUT2D eigenvalue weighted by atomic mass is 9.81. The van der Waals surface area contributed by atoms with Gasteiger partial charge in [-0.05, 0) is 27.7 Å². The average Bonchev–Trinajstić information content (AvgIpc) is 2.41. The van der Waals surface area contributed by atoms with E-state index in [1.165, 1.54) is 4.90 Å². The number of terminal acetylenes is 1. The van der Waals surface area contributed by atoms with E-state index in [9.17, 15) is 4.79 Å². The summed E-state index contributed by atoms with van der Waals surface area (Å²) in [6, 6.07) is 0. The van der Waals surface area contributed by atoms with Crippen molar-refractivity contribution in [3.8, 4) is 12.3 Å². The van der Waals surface area contributed by atoms with E-state index in [0.29, 0.717) is 0 Å². The summed E-state index contributed by atoms with van der Waals surface area (Å²) in [5.74, 6) is 2.13. The number of ether oxygens (including phenoxy) is 2. The van der Waals surface area contributed by atoms with Gasteiger partial charge >= 0.3 is 0 Å². The Balaban J connectivity index is 2.93. The zero-order valence-corrected chi connectivity index (χ0v) is 15.5. The van der Waals surface area contributed by atoms with E-state index in [1.54, 1.807) is 13.8 Å². The zero-order valence-electron chi connectivity index (χ0n) is 14.0. The lowest BCUT2D eigenvalue weighted by Crippen LogP contribution is -2.57. The van der Waals surface area contributed by atoms with E-state index >= 15 is 0 Å². The molecule has 6 heteroatoms. The Morgan fingerprint density at radius 3 is 2.14 bits per heavy atom. The Morgan fingerprint density at radius 1 is 1.32 bits per heavy atom. The van der Waals surface area contributed by atoms with Crippen LogP contribution in [0, 0.1) is 17.8 Å². The number of alkyl halides is 2. The molecule has 0 aromatic carbocycles. The molecule has 0 spiro atoms. The third-order valence-corrected chi connectivity index (χ3v) is 4.99. The molecule has 1 saturated heterocycles. The summed E-state index contributed by atoms with van der Waals surface area (Å²) in [5.41, 5.74) is -0.959. The Bertz CT molecular complexity index is 443. The highest BCUT2D eigenvalue weighted by Crippen LogP contribution is 2.36. The SMILES string of the molecule is C#CC(C)(C)N(CC1OC(C)C(C)(C)C(C)O1)C(=O)C(Cl)Cl. The van der Waals surface area contributed by atoms with E-state index in [0.717, 1.165) is 0 Å². The predicted molar refractivity (Wildman–Crippen MR) is 88.8 cm³/mol. The fraction of sp³-hybridized carbons (Fsp3) is 0.812. The van der Waals surface area contributed by atoms with Crippen LogP contribution in [0.1, 0.15) is 41.5 Å². The van der Waals surface area contributed by atoms with Gasteiger partial charge in [-0.15, -0.1) is 6.42 Å². The zero-order chi connectivity index (χ0) is 17.3. The molecule has 126 valence electrons. The number of nitrogens with zero attached hydrogens (tertiary/aromatic N) is 1. The molecule has 0 N–H and O–H groups in total. The van der Waals surface area contributed by atoms with Crippen LogP contribution in [0.25, 0.3) is 0 Å². The minimum absolute atomic E-state index is 0.0186. The van der Waals surface area contributed by atoms with Crippen LogP contribution in [0.15, 0.2) is 0 Å². The van der Waals surface area contributed by atoms with Crippen molar-refractivity contribution in [2.45, 2.75) is 70.4 Å². The molecule has 0 radical (unpaired) electrons. The Labute approximate surface area is 143 Å². The number of rotatable bonds is 4. The average molecular weight is 350 g/mol. The summed E-state index contributed by atoms with van der Waals surface area (Å²) in [5, 5.41) is 0. The summed E-state index contributed by atoms with van der Waals surface area (Å²) in [6.07, 6.45) is 4.93. The normalized spacial score (nSPS) is 28.3. The summed E-state index contributed by atoms with van der Waals surface area (Å²) in [6.45, 7) is 11.8. The molecule has 0 aromatic rings. The van der Waals surface area contributed by atoms with E-state index < -0.39 is 22.6 Å². The number of carbonyl (C=O) groups is 1. The van der Waals surface area contributed by atoms with Gasteiger partial charge in [0.15, 0.2) is 11.1 Å². The lowest BCUT2D eigenvalue weighted by Gasteiger charge is -2.47. The number of hydrogen-bond donors (Lipinski definition) is 0. The number of amides is 1. The minimum atomic E-state index is -1.18. The quantitative estimate of drug-likeness (QED) is 0.577. The van der Waals surface area contributed by atoms with E-state index in [-0.39, 0.29) is 24.2 Å². The highest BCUT2D eigenvalue weighted by atomic mass is 35.5. The Hall–Kier alpha value is -0.470. The number of carbonyl (C=O) groups excluding carboxylic acids is 1. The molecule has 0 bridgehead atoms. The molecule has 1 heterocycles. The van der Waals surface area contributed by atoms with Crippen LogP contribution in [-0.2, 0) is 14.3 Å². The third-order valence-electron chi connectivity index (χ3n) is 4.62. The van der Waals surface area contributed by atoms with Gasteiger partial charge < -0.3 is 14.4 Å². The van der Waals surface area contributed by atoms with Gasteiger partial charge in [-0.25, -0.2) is 0 Å². The summed E-state index contributed by atoms with van der Waals surface area (Å²) in [7, 11) is 0. The molecule has 1 aliphatic rings. The van der Waals surface area contributed by atoms with Crippen molar-refractivity contribution in [3.63, 3.8) is 0 Å². The molecule has 1 rings (SSSR count). The molecule has 1 aliphatic heterocycles. The minimum Gasteiger partial charge on any atom is -0.347 e. The van der Waals surface area contributed by atoms with Crippen LogP contribution >= 0.6 is 23.2 Å². The Kier molecular flexibility index (Phi) is 6.20. The monoisotopic (exact) mass is 349 g/mol. The van der Waals surface area contributed by atoms with Crippen molar-refractivity contribution < 1.29 is 14.3 Å². The molecular formula is C16H25Cl2NO3. The predicted octanol–water partition coefficient (Wildman–Crippen LogP) is 3.21.